The van der Waals surface area contributed by atoms with E-state index in [1.54, 1.807) is 6.20 Å². The van der Waals surface area contributed by atoms with Gasteiger partial charge in [-0.3, -0.25) is 0 Å². The minimum Gasteiger partial charge on any atom is -0.359 e. The van der Waals surface area contributed by atoms with Crippen LogP contribution in [0.3, 0.4) is 0 Å². The molecular weight excluding hydrogens is 140 g/mol. The van der Waals surface area contributed by atoms with Gasteiger partial charge in [-0.05, 0) is 19.8 Å². The predicted molar refractivity (Wildman–Crippen MR) is 37.8 cm³/mol. The second-order valence-electron chi connectivity index (χ2n) is 3.03. The molecule has 0 bridgehead atoms. The van der Waals surface area contributed by atoms with Crippen LogP contribution in [0.2, 0.25) is 0 Å². The van der Waals surface area contributed by atoms with Gasteiger partial charge in [0.15, 0.2) is 5.76 Å². The zero-order valence-electron chi connectivity index (χ0n) is 6.29. The molecule has 0 N–H and O–H groups in total. The van der Waals surface area contributed by atoms with Crippen molar-refractivity contribution in [1.29, 1.82) is 5.26 Å². The van der Waals surface area contributed by atoms with Crippen LogP contribution in [0.25, 0.3) is 0 Å². The number of hydrogen-bond donors (Lipinski definition) is 0. The van der Waals surface area contributed by atoms with Gasteiger partial charge in [-0.15, -0.1) is 0 Å². The standard InChI is InChI=1S/C8H8N2O/c1-6-4-10-11-7(6)8(5-9)2-3-8/h4H,2-3H2,1H3. The average molecular weight is 148 g/mol. The van der Waals surface area contributed by atoms with Gasteiger partial charge in [-0.1, -0.05) is 5.16 Å². The predicted octanol–water partition coefficient (Wildman–Crippen LogP) is 1.54. The van der Waals surface area contributed by atoms with Crippen LogP contribution in [0, 0.1) is 18.3 Å². The molecule has 0 radical (unpaired) electrons. The molecule has 3 heteroatoms. The highest BCUT2D eigenvalue weighted by Crippen LogP contribution is 2.48. The highest BCUT2D eigenvalue weighted by Gasteiger charge is 2.49. The van der Waals surface area contributed by atoms with Crippen molar-refractivity contribution in [2.75, 3.05) is 0 Å². The maximum absolute atomic E-state index is 8.82. The summed E-state index contributed by atoms with van der Waals surface area (Å²) in [6, 6.07) is 2.26. The molecule has 0 amide bonds. The molecule has 2 rings (SSSR count). The third-order valence-corrected chi connectivity index (χ3v) is 2.15. The van der Waals surface area contributed by atoms with Gasteiger partial charge in [0.25, 0.3) is 0 Å². The molecule has 56 valence electrons. The fourth-order valence-electron chi connectivity index (χ4n) is 1.27. The summed E-state index contributed by atoms with van der Waals surface area (Å²) in [5.41, 5.74) is 0.671. The Bertz CT molecular complexity index is 317. The molecule has 0 unspecified atom stereocenters. The molecule has 3 nitrogen and oxygen atoms in total. The minimum atomic E-state index is -0.319. The molecule has 11 heavy (non-hydrogen) atoms. The molecule has 1 saturated carbocycles. The topological polar surface area (TPSA) is 49.8 Å². The van der Waals surface area contributed by atoms with E-state index in [0.717, 1.165) is 24.2 Å². The first-order chi connectivity index (χ1) is 5.28. The normalized spacial score (nSPS) is 19.3. The third-order valence-electron chi connectivity index (χ3n) is 2.15. The van der Waals surface area contributed by atoms with Crippen molar-refractivity contribution in [2.45, 2.75) is 25.2 Å². The van der Waals surface area contributed by atoms with Gasteiger partial charge in [0, 0.05) is 5.56 Å². The molecule has 0 aliphatic heterocycles. The first kappa shape index (κ1) is 6.41. The van der Waals surface area contributed by atoms with E-state index >= 15 is 0 Å². The summed E-state index contributed by atoms with van der Waals surface area (Å²) < 4.78 is 5.01. The van der Waals surface area contributed by atoms with Crippen molar-refractivity contribution in [3.05, 3.63) is 17.5 Å². The lowest BCUT2D eigenvalue weighted by Gasteiger charge is -1.98. The van der Waals surface area contributed by atoms with Crippen LogP contribution < -0.4 is 0 Å². The van der Waals surface area contributed by atoms with Crippen LogP contribution in [0.15, 0.2) is 10.7 Å². The van der Waals surface area contributed by atoms with E-state index in [0.29, 0.717) is 0 Å². The lowest BCUT2D eigenvalue weighted by molar-refractivity contribution is 0.369. The molecule has 1 aliphatic carbocycles. The lowest BCUT2D eigenvalue weighted by atomic mass is 10.0. The van der Waals surface area contributed by atoms with Gasteiger partial charge in [-0.25, -0.2) is 0 Å². The molecule has 0 saturated heterocycles. The van der Waals surface area contributed by atoms with Gasteiger partial charge in [0.05, 0.1) is 12.3 Å². The maximum atomic E-state index is 8.82. The van der Waals surface area contributed by atoms with Crippen molar-refractivity contribution >= 4 is 0 Å². The molecule has 0 aromatic carbocycles. The fraction of sp³-hybridized carbons (Fsp3) is 0.500. The Morgan fingerprint density at radius 1 is 1.73 bits per heavy atom. The number of rotatable bonds is 1. The van der Waals surface area contributed by atoms with Crippen LogP contribution in [-0.4, -0.2) is 5.16 Å². The number of aryl methyl sites for hydroxylation is 1. The van der Waals surface area contributed by atoms with E-state index in [-0.39, 0.29) is 5.41 Å². The number of nitrogens with zero attached hydrogens (tertiary/aromatic N) is 2. The lowest BCUT2D eigenvalue weighted by Crippen LogP contribution is -2.01. The van der Waals surface area contributed by atoms with Crippen molar-refractivity contribution < 1.29 is 4.52 Å². The van der Waals surface area contributed by atoms with E-state index in [1.807, 2.05) is 6.92 Å². The van der Waals surface area contributed by atoms with E-state index in [9.17, 15) is 0 Å². The zero-order chi connectivity index (χ0) is 7.90. The molecule has 1 aromatic heterocycles. The highest BCUT2D eigenvalue weighted by atomic mass is 16.5. The summed E-state index contributed by atoms with van der Waals surface area (Å²) in [5.74, 6) is 0.764. The molecular formula is C8H8N2O. The molecule has 0 spiro atoms. The molecule has 1 aromatic rings. The summed E-state index contributed by atoms with van der Waals surface area (Å²) >= 11 is 0. The summed E-state index contributed by atoms with van der Waals surface area (Å²) in [6.07, 6.45) is 3.49. The molecule has 1 fully saturated rings. The Morgan fingerprint density at radius 3 is 2.82 bits per heavy atom. The summed E-state index contributed by atoms with van der Waals surface area (Å²) in [4.78, 5) is 0. The van der Waals surface area contributed by atoms with E-state index < -0.39 is 0 Å². The number of aromatic nitrogens is 1. The quantitative estimate of drug-likeness (QED) is 0.606. The first-order valence-electron chi connectivity index (χ1n) is 3.61. The van der Waals surface area contributed by atoms with Gasteiger partial charge in [-0.2, -0.15) is 5.26 Å². The fourth-order valence-corrected chi connectivity index (χ4v) is 1.27. The molecule has 1 aliphatic rings. The highest BCUT2D eigenvalue weighted by molar-refractivity contribution is 5.35. The van der Waals surface area contributed by atoms with Gasteiger partial charge in [0.1, 0.15) is 5.41 Å². The van der Waals surface area contributed by atoms with Crippen molar-refractivity contribution in [1.82, 2.24) is 5.16 Å². The Morgan fingerprint density at radius 2 is 2.45 bits per heavy atom. The summed E-state index contributed by atoms with van der Waals surface area (Å²) in [7, 11) is 0. The van der Waals surface area contributed by atoms with Crippen LogP contribution in [0.5, 0.6) is 0 Å². The zero-order valence-corrected chi connectivity index (χ0v) is 6.29. The summed E-state index contributed by atoms with van der Waals surface area (Å²) in [5, 5.41) is 12.5. The third kappa shape index (κ3) is 0.758. The average Bonchev–Trinajstić information content (AvgIpc) is 2.70. The van der Waals surface area contributed by atoms with Crippen LogP contribution in [0.1, 0.15) is 24.2 Å². The Hall–Kier alpha value is -1.30. The monoisotopic (exact) mass is 148 g/mol. The maximum Gasteiger partial charge on any atom is 0.159 e. The second kappa shape index (κ2) is 1.85. The second-order valence-corrected chi connectivity index (χ2v) is 3.03. The van der Waals surface area contributed by atoms with Gasteiger partial charge >= 0.3 is 0 Å². The van der Waals surface area contributed by atoms with Crippen molar-refractivity contribution in [3.8, 4) is 6.07 Å². The number of nitriles is 1. The van der Waals surface area contributed by atoms with Gasteiger partial charge in [0.2, 0.25) is 0 Å². The SMILES string of the molecule is Cc1cnoc1C1(C#N)CC1. The van der Waals surface area contributed by atoms with Crippen LogP contribution >= 0.6 is 0 Å². The van der Waals surface area contributed by atoms with Crippen molar-refractivity contribution in [2.24, 2.45) is 0 Å². The molecule has 1 heterocycles. The van der Waals surface area contributed by atoms with Gasteiger partial charge < -0.3 is 4.52 Å². The smallest absolute Gasteiger partial charge is 0.159 e. The first-order valence-corrected chi connectivity index (χ1v) is 3.61. The van der Waals surface area contributed by atoms with Crippen LogP contribution in [0.4, 0.5) is 0 Å². The van der Waals surface area contributed by atoms with Crippen LogP contribution in [-0.2, 0) is 5.41 Å². The number of hydrogen-bond acceptors (Lipinski definition) is 3. The Kier molecular flexibility index (Phi) is 1.08. The van der Waals surface area contributed by atoms with Crippen molar-refractivity contribution in [3.63, 3.8) is 0 Å². The van der Waals surface area contributed by atoms with E-state index in [1.165, 1.54) is 0 Å². The largest absolute Gasteiger partial charge is 0.359 e. The minimum absolute atomic E-state index is 0.319. The summed E-state index contributed by atoms with van der Waals surface area (Å²) in [6.45, 7) is 1.92. The Labute approximate surface area is 64.6 Å². The van der Waals surface area contributed by atoms with E-state index in [4.69, 9.17) is 9.78 Å². The Balaban J connectivity index is 2.45. The van der Waals surface area contributed by atoms with E-state index in [2.05, 4.69) is 11.2 Å². The molecule has 0 atom stereocenters.